The summed E-state index contributed by atoms with van der Waals surface area (Å²) in [6.07, 6.45) is 0. The van der Waals surface area contributed by atoms with Gasteiger partial charge in [-0.25, -0.2) is 9.59 Å². The Balaban J connectivity index is 2.35. The lowest BCUT2D eigenvalue weighted by atomic mass is 10.1. The summed E-state index contributed by atoms with van der Waals surface area (Å²) in [5, 5.41) is 19.1. The van der Waals surface area contributed by atoms with E-state index in [0.717, 1.165) is 0 Å². The van der Waals surface area contributed by atoms with Gasteiger partial charge in [0.15, 0.2) is 23.0 Å². The molecule has 0 atom stereocenters. The Morgan fingerprint density at radius 2 is 1.77 bits per heavy atom. The van der Waals surface area contributed by atoms with Gasteiger partial charge >= 0.3 is 11.9 Å². The summed E-state index contributed by atoms with van der Waals surface area (Å²) in [7, 11) is 1.29. The van der Waals surface area contributed by atoms with E-state index in [-0.39, 0.29) is 55.3 Å². The summed E-state index contributed by atoms with van der Waals surface area (Å²) in [5.41, 5.74) is 0.154. The van der Waals surface area contributed by atoms with Crippen molar-refractivity contribution in [1.29, 1.82) is 0 Å². The third-order valence-corrected chi connectivity index (χ3v) is 4.85. The van der Waals surface area contributed by atoms with Crippen molar-refractivity contribution in [2.24, 2.45) is 0 Å². The minimum atomic E-state index is -1.25. The van der Waals surface area contributed by atoms with Gasteiger partial charge in [0, 0.05) is 11.6 Å². The van der Waals surface area contributed by atoms with Gasteiger partial charge < -0.3 is 24.4 Å². The highest BCUT2D eigenvalue weighted by Crippen LogP contribution is 2.51. The normalized spacial score (nSPS) is 12.4. The number of phenols is 1. The van der Waals surface area contributed by atoms with Crippen LogP contribution < -0.4 is 14.2 Å². The highest BCUT2D eigenvalue weighted by Gasteiger charge is 2.34. The predicted octanol–water partition coefficient (Wildman–Crippen LogP) is 4.35. The van der Waals surface area contributed by atoms with E-state index in [4.69, 9.17) is 37.4 Å². The van der Waals surface area contributed by atoms with Crippen molar-refractivity contribution in [1.82, 2.24) is 0 Å². The Labute approximate surface area is 157 Å². The molecule has 2 N–H and O–H groups in total. The van der Waals surface area contributed by atoms with Crippen LogP contribution in [0.5, 0.6) is 28.7 Å². The standard InChI is InChI=1S/C17H12Cl2O7/c1-5-10-15(12(19)13(20)11(5)18)26-14-6(2)9(16(21)22)7(24-3)4-8(14)25-17(10)23/h4,20H,1-3H3,(H,21,22). The van der Waals surface area contributed by atoms with E-state index in [9.17, 15) is 19.8 Å². The number of esters is 1. The van der Waals surface area contributed by atoms with E-state index >= 15 is 0 Å². The number of carboxylic acid groups (broad SMARTS) is 1. The molecule has 0 unspecified atom stereocenters. The second-order valence-corrected chi connectivity index (χ2v) is 6.26. The Kier molecular flexibility index (Phi) is 4.37. The summed E-state index contributed by atoms with van der Waals surface area (Å²) in [6.45, 7) is 2.97. The minimum Gasteiger partial charge on any atom is -0.505 e. The number of phenolic OH excluding ortho intramolecular Hbond substituents is 1. The fraction of sp³-hybridized carbons (Fsp3) is 0.176. The Morgan fingerprint density at radius 3 is 2.35 bits per heavy atom. The lowest BCUT2D eigenvalue weighted by Crippen LogP contribution is -2.10. The molecule has 0 fully saturated rings. The maximum atomic E-state index is 12.6. The number of hydrogen-bond acceptors (Lipinski definition) is 6. The molecule has 0 amide bonds. The number of ether oxygens (including phenoxy) is 3. The maximum Gasteiger partial charge on any atom is 0.347 e. The lowest BCUT2D eigenvalue weighted by molar-refractivity contribution is 0.0691. The smallest absolute Gasteiger partial charge is 0.347 e. The molecule has 1 aliphatic rings. The molecule has 1 heterocycles. The number of benzene rings is 2. The van der Waals surface area contributed by atoms with Crippen LogP contribution in [-0.2, 0) is 0 Å². The van der Waals surface area contributed by atoms with Crippen molar-refractivity contribution in [3.05, 3.63) is 38.4 Å². The van der Waals surface area contributed by atoms with Crippen LogP contribution in [0.4, 0.5) is 0 Å². The molecule has 0 spiro atoms. The van der Waals surface area contributed by atoms with Crippen LogP contribution in [0.25, 0.3) is 0 Å². The van der Waals surface area contributed by atoms with Crippen molar-refractivity contribution in [3.8, 4) is 28.7 Å². The van der Waals surface area contributed by atoms with Crippen molar-refractivity contribution in [2.45, 2.75) is 13.8 Å². The maximum absolute atomic E-state index is 12.6. The van der Waals surface area contributed by atoms with Crippen molar-refractivity contribution in [3.63, 3.8) is 0 Å². The van der Waals surface area contributed by atoms with Crippen LogP contribution in [0.3, 0.4) is 0 Å². The third-order valence-electron chi connectivity index (χ3n) is 4.04. The number of aromatic hydroxyl groups is 1. The first kappa shape index (κ1) is 18.2. The molecule has 0 aromatic heterocycles. The SMILES string of the molecule is COc1cc2c(c(C)c1C(=O)O)Oc1c(Cl)c(O)c(Cl)c(C)c1C(=O)O2. The van der Waals surface area contributed by atoms with Gasteiger partial charge in [0.05, 0.1) is 12.1 Å². The van der Waals surface area contributed by atoms with Gasteiger partial charge in [0.2, 0.25) is 0 Å². The molecule has 0 saturated heterocycles. The monoisotopic (exact) mass is 398 g/mol. The third kappa shape index (κ3) is 2.51. The van der Waals surface area contributed by atoms with Gasteiger partial charge in [-0.3, -0.25) is 0 Å². The highest BCUT2D eigenvalue weighted by atomic mass is 35.5. The molecule has 7 nitrogen and oxygen atoms in total. The van der Waals surface area contributed by atoms with Crippen molar-refractivity contribution < 1.29 is 34.0 Å². The zero-order valence-corrected chi connectivity index (χ0v) is 15.3. The fourth-order valence-corrected chi connectivity index (χ4v) is 3.20. The van der Waals surface area contributed by atoms with Gasteiger partial charge in [-0.05, 0) is 19.4 Å². The van der Waals surface area contributed by atoms with E-state index in [1.807, 2.05) is 0 Å². The zero-order valence-electron chi connectivity index (χ0n) is 13.8. The van der Waals surface area contributed by atoms with E-state index in [1.54, 1.807) is 0 Å². The summed E-state index contributed by atoms with van der Waals surface area (Å²) in [4.78, 5) is 24.2. The Hall–Kier alpha value is -2.64. The van der Waals surface area contributed by atoms with Crippen LogP contribution in [0.2, 0.25) is 10.0 Å². The molecule has 1 aliphatic heterocycles. The molecular weight excluding hydrogens is 387 g/mol. The second kappa shape index (κ2) is 6.26. The fourth-order valence-electron chi connectivity index (χ4n) is 2.74. The Morgan fingerprint density at radius 1 is 1.12 bits per heavy atom. The van der Waals surface area contributed by atoms with Crippen LogP contribution in [0, 0.1) is 13.8 Å². The van der Waals surface area contributed by atoms with E-state index in [2.05, 4.69) is 0 Å². The number of rotatable bonds is 2. The van der Waals surface area contributed by atoms with E-state index in [0.29, 0.717) is 0 Å². The molecular formula is C17H12Cl2O7. The molecule has 0 radical (unpaired) electrons. The van der Waals surface area contributed by atoms with Crippen LogP contribution >= 0.6 is 23.2 Å². The van der Waals surface area contributed by atoms with Crippen LogP contribution in [0.1, 0.15) is 31.8 Å². The minimum absolute atomic E-state index is 0.000181. The number of carbonyl (C=O) groups excluding carboxylic acids is 1. The number of carboxylic acids is 1. The number of aromatic carboxylic acids is 1. The first-order chi connectivity index (χ1) is 12.2. The molecule has 2 aromatic carbocycles. The molecule has 26 heavy (non-hydrogen) atoms. The van der Waals surface area contributed by atoms with E-state index < -0.39 is 17.7 Å². The molecule has 2 aromatic rings. The summed E-state index contributed by atoms with van der Waals surface area (Å²) >= 11 is 12.1. The van der Waals surface area contributed by atoms with Gasteiger partial charge in [-0.15, -0.1) is 0 Å². The number of methoxy groups -OCH3 is 1. The lowest BCUT2D eigenvalue weighted by Gasteiger charge is -2.16. The molecule has 136 valence electrons. The number of carbonyl (C=O) groups is 2. The molecule has 9 heteroatoms. The molecule has 3 rings (SSSR count). The average molecular weight is 399 g/mol. The number of halogens is 2. The number of fused-ring (bicyclic) bond motifs is 2. The van der Waals surface area contributed by atoms with Gasteiger partial charge in [0.1, 0.15) is 21.9 Å². The first-order valence-corrected chi connectivity index (χ1v) is 8.00. The van der Waals surface area contributed by atoms with Gasteiger partial charge in [0.25, 0.3) is 0 Å². The molecule has 0 saturated carbocycles. The van der Waals surface area contributed by atoms with E-state index in [1.165, 1.54) is 27.0 Å². The topological polar surface area (TPSA) is 102 Å². The second-order valence-electron chi connectivity index (χ2n) is 5.51. The van der Waals surface area contributed by atoms with Gasteiger partial charge in [-0.1, -0.05) is 23.2 Å². The molecule has 0 aliphatic carbocycles. The summed E-state index contributed by atoms with van der Waals surface area (Å²) in [5.74, 6) is -2.76. The summed E-state index contributed by atoms with van der Waals surface area (Å²) < 4.78 is 16.1. The molecule has 0 bridgehead atoms. The average Bonchev–Trinajstić information content (AvgIpc) is 2.73. The first-order valence-electron chi connectivity index (χ1n) is 7.24. The highest BCUT2D eigenvalue weighted by molar-refractivity contribution is 6.39. The van der Waals surface area contributed by atoms with Crippen molar-refractivity contribution >= 4 is 35.1 Å². The quantitative estimate of drug-likeness (QED) is 0.572. The number of hydrogen-bond donors (Lipinski definition) is 2. The van der Waals surface area contributed by atoms with Crippen molar-refractivity contribution in [2.75, 3.05) is 7.11 Å². The zero-order chi connectivity index (χ0) is 19.3. The Bertz CT molecular complexity index is 982. The summed E-state index contributed by atoms with van der Waals surface area (Å²) in [6, 6.07) is 1.24. The van der Waals surface area contributed by atoms with Crippen LogP contribution in [0.15, 0.2) is 6.07 Å². The largest absolute Gasteiger partial charge is 0.505 e. The predicted molar refractivity (Wildman–Crippen MR) is 92.6 cm³/mol. The van der Waals surface area contributed by atoms with Crippen LogP contribution in [-0.4, -0.2) is 29.3 Å². The van der Waals surface area contributed by atoms with Gasteiger partial charge in [-0.2, -0.15) is 0 Å².